The Bertz CT molecular complexity index is 400. The van der Waals surface area contributed by atoms with E-state index in [2.05, 4.69) is 19.9 Å². The topological polar surface area (TPSA) is 35.5 Å². The maximum atomic E-state index is 11.3. The van der Waals surface area contributed by atoms with Gasteiger partial charge in [-0.3, -0.25) is 0 Å². The molecule has 1 heterocycles. The predicted octanol–water partition coefficient (Wildman–Crippen LogP) is 2.89. The third-order valence-electron chi connectivity index (χ3n) is 3.21. The van der Waals surface area contributed by atoms with Crippen LogP contribution >= 0.6 is 0 Å². The molecule has 0 N–H and O–H groups in total. The summed E-state index contributed by atoms with van der Waals surface area (Å²) in [6.07, 6.45) is 1.31. The molecule has 0 aromatic heterocycles. The Labute approximate surface area is 102 Å². The Morgan fingerprint density at radius 1 is 1.53 bits per heavy atom. The van der Waals surface area contributed by atoms with Crippen LogP contribution in [-0.2, 0) is 9.53 Å². The first kappa shape index (κ1) is 12.0. The highest BCUT2D eigenvalue weighted by molar-refractivity contribution is 5.76. The molecule has 2 rings (SSSR count). The van der Waals surface area contributed by atoms with Gasteiger partial charge in [-0.05, 0) is 30.0 Å². The third kappa shape index (κ3) is 2.78. The maximum absolute atomic E-state index is 11.3. The van der Waals surface area contributed by atoms with Crippen molar-refractivity contribution in [3.63, 3.8) is 0 Å². The molecule has 0 amide bonds. The van der Waals surface area contributed by atoms with E-state index in [-0.39, 0.29) is 5.97 Å². The maximum Gasteiger partial charge on any atom is 0.347 e. The van der Waals surface area contributed by atoms with Gasteiger partial charge >= 0.3 is 5.97 Å². The molecule has 0 saturated carbocycles. The summed E-state index contributed by atoms with van der Waals surface area (Å²) in [6.45, 7) is 4.81. The lowest BCUT2D eigenvalue weighted by molar-refractivity contribution is -0.143. The molecular formula is C14H18O3. The molecule has 0 spiro atoms. The zero-order valence-corrected chi connectivity index (χ0v) is 10.3. The molecule has 3 heteroatoms. The highest BCUT2D eigenvalue weighted by Gasteiger charge is 2.28. The van der Waals surface area contributed by atoms with Crippen LogP contribution in [0.4, 0.5) is 0 Å². The van der Waals surface area contributed by atoms with Crippen LogP contribution < -0.4 is 4.74 Å². The van der Waals surface area contributed by atoms with Crippen LogP contribution in [-0.4, -0.2) is 18.7 Å². The van der Waals surface area contributed by atoms with Gasteiger partial charge in [0.15, 0.2) is 6.10 Å². The lowest BCUT2D eigenvalue weighted by Crippen LogP contribution is -2.21. The van der Waals surface area contributed by atoms with Crippen LogP contribution in [0.1, 0.15) is 38.2 Å². The molecule has 1 saturated heterocycles. The van der Waals surface area contributed by atoms with Crippen LogP contribution in [0.15, 0.2) is 24.3 Å². The average molecular weight is 234 g/mol. The highest BCUT2D eigenvalue weighted by atomic mass is 16.6. The number of rotatable bonds is 4. The molecule has 92 valence electrons. The van der Waals surface area contributed by atoms with Crippen molar-refractivity contribution in [3.8, 4) is 5.75 Å². The highest BCUT2D eigenvalue weighted by Crippen LogP contribution is 2.24. The van der Waals surface area contributed by atoms with Gasteiger partial charge in [-0.15, -0.1) is 0 Å². The number of hydrogen-bond donors (Lipinski definition) is 0. The largest absolute Gasteiger partial charge is 0.479 e. The second-order valence-electron chi connectivity index (χ2n) is 4.44. The van der Waals surface area contributed by atoms with Crippen molar-refractivity contribution >= 4 is 5.97 Å². The van der Waals surface area contributed by atoms with Crippen LogP contribution in [0.2, 0.25) is 0 Å². The van der Waals surface area contributed by atoms with Gasteiger partial charge in [-0.25, -0.2) is 4.79 Å². The zero-order chi connectivity index (χ0) is 12.3. The molecule has 1 aliphatic heterocycles. The van der Waals surface area contributed by atoms with Gasteiger partial charge in [0.05, 0.1) is 6.61 Å². The second-order valence-corrected chi connectivity index (χ2v) is 4.44. The van der Waals surface area contributed by atoms with E-state index in [1.54, 1.807) is 0 Å². The zero-order valence-electron chi connectivity index (χ0n) is 10.3. The Balaban J connectivity index is 2.08. The molecule has 17 heavy (non-hydrogen) atoms. The van der Waals surface area contributed by atoms with Crippen molar-refractivity contribution in [2.75, 3.05) is 6.61 Å². The fourth-order valence-corrected chi connectivity index (χ4v) is 1.88. The van der Waals surface area contributed by atoms with E-state index in [1.165, 1.54) is 5.56 Å². The van der Waals surface area contributed by atoms with Crippen molar-refractivity contribution in [1.82, 2.24) is 0 Å². The van der Waals surface area contributed by atoms with Gasteiger partial charge in [0.1, 0.15) is 5.75 Å². The minimum absolute atomic E-state index is 0.251. The lowest BCUT2D eigenvalue weighted by atomic mass is 9.99. The standard InChI is InChI=1S/C14H18O3/c1-3-10(2)11-5-4-6-12(9-11)17-13-7-8-16-14(13)15/h4-6,9-10,13H,3,7-8H2,1-2H3. The van der Waals surface area contributed by atoms with Gasteiger partial charge in [-0.1, -0.05) is 26.0 Å². The predicted molar refractivity (Wildman–Crippen MR) is 65.1 cm³/mol. The van der Waals surface area contributed by atoms with Crippen molar-refractivity contribution < 1.29 is 14.3 Å². The summed E-state index contributed by atoms with van der Waals surface area (Å²) in [7, 11) is 0. The van der Waals surface area contributed by atoms with E-state index in [0.29, 0.717) is 18.9 Å². The number of carbonyl (C=O) groups is 1. The molecular weight excluding hydrogens is 216 g/mol. The number of cyclic esters (lactones) is 1. The number of carbonyl (C=O) groups excluding carboxylic acids is 1. The van der Waals surface area contributed by atoms with Gasteiger partial charge in [0.2, 0.25) is 0 Å². The van der Waals surface area contributed by atoms with E-state index >= 15 is 0 Å². The third-order valence-corrected chi connectivity index (χ3v) is 3.21. The number of ether oxygens (including phenoxy) is 2. The van der Waals surface area contributed by atoms with E-state index < -0.39 is 6.10 Å². The van der Waals surface area contributed by atoms with Crippen molar-refractivity contribution in [3.05, 3.63) is 29.8 Å². The first-order chi connectivity index (χ1) is 8.20. The minimum Gasteiger partial charge on any atom is -0.479 e. The smallest absolute Gasteiger partial charge is 0.347 e. The molecule has 1 aromatic carbocycles. The Morgan fingerprint density at radius 3 is 3.00 bits per heavy atom. The molecule has 0 radical (unpaired) electrons. The summed E-state index contributed by atoms with van der Waals surface area (Å²) in [5, 5.41) is 0. The first-order valence-electron chi connectivity index (χ1n) is 6.14. The quantitative estimate of drug-likeness (QED) is 0.751. The Kier molecular flexibility index (Phi) is 3.67. The van der Waals surface area contributed by atoms with Crippen LogP contribution in [0.25, 0.3) is 0 Å². The summed E-state index contributed by atoms with van der Waals surface area (Å²) >= 11 is 0. The van der Waals surface area contributed by atoms with E-state index in [1.807, 2.05) is 18.2 Å². The van der Waals surface area contributed by atoms with Crippen LogP contribution in [0.3, 0.4) is 0 Å². The monoisotopic (exact) mass is 234 g/mol. The van der Waals surface area contributed by atoms with E-state index in [0.717, 1.165) is 12.2 Å². The summed E-state index contributed by atoms with van der Waals surface area (Å²) in [5.74, 6) is 1.01. The average Bonchev–Trinajstić information content (AvgIpc) is 2.74. The molecule has 2 unspecified atom stereocenters. The number of hydrogen-bond acceptors (Lipinski definition) is 3. The van der Waals surface area contributed by atoms with E-state index in [9.17, 15) is 4.79 Å². The molecule has 0 bridgehead atoms. The fraction of sp³-hybridized carbons (Fsp3) is 0.500. The van der Waals surface area contributed by atoms with Crippen molar-refractivity contribution in [2.24, 2.45) is 0 Å². The molecule has 1 aliphatic rings. The van der Waals surface area contributed by atoms with Gasteiger partial charge in [-0.2, -0.15) is 0 Å². The van der Waals surface area contributed by atoms with Crippen LogP contribution in [0, 0.1) is 0 Å². The normalized spacial score (nSPS) is 21.1. The number of esters is 1. The second kappa shape index (κ2) is 5.21. The summed E-state index contributed by atoms with van der Waals surface area (Å²) < 4.78 is 10.5. The molecule has 3 nitrogen and oxygen atoms in total. The number of benzene rings is 1. The summed E-state index contributed by atoms with van der Waals surface area (Å²) in [5.41, 5.74) is 1.25. The van der Waals surface area contributed by atoms with Gasteiger partial charge < -0.3 is 9.47 Å². The summed E-state index contributed by atoms with van der Waals surface area (Å²) in [6, 6.07) is 7.96. The lowest BCUT2D eigenvalue weighted by Gasteiger charge is -2.13. The SMILES string of the molecule is CCC(C)c1cccc(OC2CCOC2=O)c1. The van der Waals surface area contributed by atoms with Gasteiger partial charge in [0, 0.05) is 6.42 Å². The first-order valence-corrected chi connectivity index (χ1v) is 6.14. The fourth-order valence-electron chi connectivity index (χ4n) is 1.88. The molecule has 2 atom stereocenters. The Morgan fingerprint density at radius 2 is 2.35 bits per heavy atom. The molecule has 1 fully saturated rings. The van der Waals surface area contributed by atoms with Crippen molar-refractivity contribution in [1.29, 1.82) is 0 Å². The van der Waals surface area contributed by atoms with E-state index in [4.69, 9.17) is 9.47 Å². The summed E-state index contributed by atoms with van der Waals surface area (Å²) in [4.78, 5) is 11.3. The minimum atomic E-state index is -0.429. The molecule has 1 aromatic rings. The van der Waals surface area contributed by atoms with Crippen molar-refractivity contribution in [2.45, 2.75) is 38.7 Å². The van der Waals surface area contributed by atoms with Crippen LogP contribution in [0.5, 0.6) is 5.75 Å². The molecule has 0 aliphatic carbocycles. The van der Waals surface area contributed by atoms with Gasteiger partial charge in [0.25, 0.3) is 0 Å². The Hall–Kier alpha value is -1.51.